The molecular weight excluding hydrogens is 488 g/mol. The molecule has 2 aromatic carbocycles. The van der Waals surface area contributed by atoms with Crippen molar-refractivity contribution in [1.82, 2.24) is 9.80 Å². The minimum Gasteiger partial charge on any atom is -0.493 e. The van der Waals surface area contributed by atoms with Crippen LogP contribution in [-0.4, -0.2) is 55.5 Å². The second kappa shape index (κ2) is 16.8. The molecule has 0 saturated carbocycles. The SMILES string of the molecule is CCCCCCCCCCCC(=O)N(CCc1ccccc1)CC(=O)N1CCc2cc(OC)c(OC)cc2C1. The Bertz CT molecular complexity index is 1020. The molecule has 3 rings (SSSR count). The maximum absolute atomic E-state index is 13.4. The van der Waals surface area contributed by atoms with Crippen LogP contribution < -0.4 is 9.47 Å². The number of methoxy groups -OCH3 is 2. The van der Waals surface area contributed by atoms with Gasteiger partial charge in [0.2, 0.25) is 11.8 Å². The van der Waals surface area contributed by atoms with E-state index in [9.17, 15) is 9.59 Å². The first-order valence-electron chi connectivity index (χ1n) is 14.9. The number of unbranched alkanes of at least 4 members (excludes halogenated alkanes) is 8. The summed E-state index contributed by atoms with van der Waals surface area (Å²) in [5.41, 5.74) is 3.43. The van der Waals surface area contributed by atoms with E-state index >= 15 is 0 Å². The number of benzene rings is 2. The van der Waals surface area contributed by atoms with Gasteiger partial charge < -0.3 is 19.3 Å². The Hall–Kier alpha value is -3.02. The topological polar surface area (TPSA) is 59.1 Å². The van der Waals surface area contributed by atoms with Gasteiger partial charge in [-0.15, -0.1) is 0 Å². The standard InChI is InChI=1S/C33H48N2O4/c1-4-5-6-7-8-9-10-11-15-18-32(36)35(21-19-27-16-13-12-14-17-27)26-33(37)34-22-20-28-23-30(38-2)31(39-3)24-29(28)25-34/h12-14,16-17,23-24H,4-11,15,18-22,25-26H2,1-3H3. The minimum atomic E-state index is 0.00364. The van der Waals surface area contributed by atoms with Crippen LogP contribution in [0.4, 0.5) is 0 Å². The molecule has 0 bridgehead atoms. The van der Waals surface area contributed by atoms with Crippen LogP contribution in [0.3, 0.4) is 0 Å². The summed E-state index contributed by atoms with van der Waals surface area (Å²) < 4.78 is 10.9. The third-order valence-electron chi connectivity index (χ3n) is 7.76. The molecule has 0 aliphatic carbocycles. The maximum atomic E-state index is 13.4. The van der Waals surface area contributed by atoms with Gasteiger partial charge in [-0.2, -0.15) is 0 Å². The molecule has 1 aliphatic rings. The predicted octanol–water partition coefficient (Wildman–Crippen LogP) is 6.58. The number of hydrogen-bond acceptors (Lipinski definition) is 4. The Kier molecular flexibility index (Phi) is 13.2. The Labute approximate surface area is 235 Å². The number of amides is 2. The summed E-state index contributed by atoms with van der Waals surface area (Å²) in [6.45, 7) is 4.09. The van der Waals surface area contributed by atoms with Crippen LogP contribution in [-0.2, 0) is 29.0 Å². The van der Waals surface area contributed by atoms with Crippen LogP contribution in [0, 0.1) is 0 Å². The van der Waals surface area contributed by atoms with Crippen molar-refractivity contribution < 1.29 is 19.1 Å². The number of carbonyl (C=O) groups excluding carboxylic acids is 2. The summed E-state index contributed by atoms with van der Waals surface area (Å²) in [5.74, 6) is 1.48. The van der Waals surface area contributed by atoms with Gasteiger partial charge >= 0.3 is 0 Å². The number of fused-ring (bicyclic) bond motifs is 1. The molecule has 39 heavy (non-hydrogen) atoms. The largest absolute Gasteiger partial charge is 0.493 e. The lowest BCUT2D eigenvalue weighted by Crippen LogP contribution is -2.45. The highest BCUT2D eigenvalue weighted by molar-refractivity contribution is 5.85. The highest BCUT2D eigenvalue weighted by atomic mass is 16.5. The molecule has 2 aromatic rings. The van der Waals surface area contributed by atoms with Gasteiger partial charge in [-0.1, -0.05) is 88.6 Å². The van der Waals surface area contributed by atoms with Gasteiger partial charge in [0.05, 0.1) is 20.8 Å². The maximum Gasteiger partial charge on any atom is 0.242 e. The smallest absolute Gasteiger partial charge is 0.242 e. The van der Waals surface area contributed by atoms with Crippen molar-refractivity contribution in [3.05, 3.63) is 59.2 Å². The monoisotopic (exact) mass is 536 g/mol. The zero-order valence-corrected chi connectivity index (χ0v) is 24.4. The van der Waals surface area contributed by atoms with E-state index in [0.717, 1.165) is 31.2 Å². The molecule has 0 saturated heterocycles. The average Bonchev–Trinajstić information content (AvgIpc) is 2.97. The van der Waals surface area contributed by atoms with Crippen LogP contribution in [0.1, 0.15) is 87.8 Å². The molecule has 0 aromatic heterocycles. The van der Waals surface area contributed by atoms with E-state index in [0.29, 0.717) is 37.6 Å². The fourth-order valence-corrected chi connectivity index (χ4v) is 5.31. The third-order valence-corrected chi connectivity index (χ3v) is 7.76. The molecule has 2 amide bonds. The zero-order valence-electron chi connectivity index (χ0n) is 24.4. The molecule has 0 unspecified atom stereocenters. The van der Waals surface area contributed by atoms with Gasteiger partial charge in [0.1, 0.15) is 0 Å². The highest BCUT2D eigenvalue weighted by Gasteiger charge is 2.25. The lowest BCUT2D eigenvalue weighted by Gasteiger charge is -2.32. The van der Waals surface area contributed by atoms with E-state index in [1.807, 2.05) is 35.2 Å². The van der Waals surface area contributed by atoms with Crippen molar-refractivity contribution in [2.45, 2.75) is 90.5 Å². The molecule has 214 valence electrons. The fraction of sp³-hybridized carbons (Fsp3) is 0.576. The third kappa shape index (κ3) is 9.90. The molecular formula is C33H48N2O4. The molecule has 6 nitrogen and oxygen atoms in total. The Morgan fingerprint density at radius 3 is 2.10 bits per heavy atom. The second-order valence-electron chi connectivity index (χ2n) is 10.7. The van der Waals surface area contributed by atoms with Gasteiger partial charge in [-0.05, 0) is 48.1 Å². The van der Waals surface area contributed by atoms with Gasteiger partial charge in [0, 0.05) is 26.1 Å². The molecule has 0 atom stereocenters. The second-order valence-corrected chi connectivity index (χ2v) is 10.7. The van der Waals surface area contributed by atoms with E-state index in [4.69, 9.17) is 9.47 Å². The summed E-state index contributed by atoms with van der Waals surface area (Å²) in [5, 5.41) is 0. The summed E-state index contributed by atoms with van der Waals surface area (Å²) in [7, 11) is 3.26. The van der Waals surface area contributed by atoms with Gasteiger partial charge in [-0.25, -0.2) is 0 Å². The minimum absolute atomic E-state index is 0.00364. The fourth-order valence-electron chi connectivity index (χ4n) is 5.31. The normalized spacial score (nSPS) is 12.6. The molecule has 0 radical (unpaired) electrons. The number of rotatable bonds is 17. The van der Waals surface area contributed by atoms with Crippen molar-refractivity contribution in [2.24, 2.45) is 0 Å². The zero-order chi connectivity index (χ0) is 27.9. The molecule has 0 fully saturated rings. The van der Waals surface area contributed by atoms with E-state index in [1.54, 1.807) is 19.1 Å². The quantitative estimate of drug-likeness (QED) is 0.214. The van der Waals surface area contributed by atoms with Crippen molar-refractivity contribution >= 4 is 11.8 Å². The summed E-state index contributed by atoms with van der Waals surface area (Å²) in [6.07, 6.45) is 13.0. The Morgan fingerprint density at radius 1 is 0.846 bits per heavy atom. The number of carbonyl (C=O) groups is 2. The predicted molar refractivity (Wildman–Crippen MR) is 157 cm³/mol. The van der Waals surface area contributed by atoms with Crippen LogP contribution in [0.2, 0.25) is 0 Å². The Morgan fingerprint density at radius 2 is 1.46 bits per heavy atom. The van der Waals surface area contributed by atoms with E-state index in [1.165, 1.54) is 56.1 Å². The first-order valence-corrected chi connectivity index (χ1v) is 14.9. The van der Waals surface area contributed by atoms with Crippen LogP contribution in [0.15, 0.2) is 42.5 Å². The van der Waals surface area contributed by atoms with Gasteiger partial charge in [0.25, 0.3) is 0 Å². The lowest BCUT2D eigenvalue weighted by molar-refractivity contribution is -0.141. The number of nitrogens with zero attached hydrogens (tertiary/aromatic N) is 2. The first-order chi connectivity index (χ1) is 19.0. The van der Waals surface area contributed by atoms with Crippen molar-refractivity contribution in [3.8, 4) is 11.5 Å². The van der Waals surface area contributed by atoms with Crippen molar-refractivity contribution in [2.75, 3.05) is 33.9 Å². The van der Waals surface area contributed by atoms with E-state index in [2.05, 4.69) is 19.1 Å². The van der Waals surface area contributed by atoms with Crippen molar-refractivity contribution in [3.63, 3.8) is 0 Å². The van der Waals surface area contributed by atoms with Gasteiger partial charge in [0.15, 0.2) is 11.5 Å². The number of hydrogen-bond donors (Lipinski definition) is 0. The molecule has 1 heterocycles. The highest BCUT2D eigenvalue weighted by Crippen LogP contribution is 2.33. The van der Waals surface area contributed by atoms with Crippen LogP contribution in [0.25, 0.3) is 0 Å². The molecule has 1 aliphatic heterocycles. The van der Waals surface area contributed by atoms with E-state index in [-0.39, 0.29) is 18.4 Å². The first kappa shape index (κ1) is 30.5. The summed E-state index contributed by atoms with van der Waals surface area (Å²) >= 11 is 0. The Balaban J connectivity index is 1.54. The number of ether oxygens (including phenoxy) is 2. The lowest BCUT2D eigenvalue weighted by atomic mass is 9.98. The molecule has 6 heteroatoms. The van der Waals surface area contributed by atoms with Gasteiger partial charge in [-0.3, -0.25) is 9.59 Å². The summed E-state index contributed by atoms with van der Waals surface area (Å²) in [6, 6.07) is 14.2. The van der Waals surface area contributed by atoms with Crippen LogP contribution >= 0.6 is 0 Å². The van der Waals surface area contributed by atoms with Crippen molar-refractivity contribution in [1.29, 1.82) is 0 Å². The molecule has 0 spiro atoms. The van der Waals surface area contributed by atoms with Crippen LogP contribution in [0.5, 0.6) is 11.5 Å². The average molecular weight is 537 g/mol. The van der Waals surface area contributed by atoms with E-state index < -0.39 is 0 Å². The summed E-state index contributed by atoms with van der Waals surface area (Å²) in [4.78, 5) is 30.3. The molecule has 0 N–H and O–H groups in total.